The molecule has 4 aromatic heterocycles. The Morgan fingerprint density at radius 3 is 0.750 bits per heavy atom. The van der Waals surface area contributed by atoms with Gasteiger partial charge in [-0.15, -0.1) is 0 Å². The second-order valence-corrected chi connectivity index (χ2v) is 16.9. The van der Waals surface area contributed by atoms with E-state index < -0.39 is 0 Å². The summed E-state index contributed by atoms with van der Waals surface area (Å²) >= 11 is 0. The van der Waals surface area contributed by atoms with E-state index in [1.54, 1.807) is 0 Å². The smallest absolute Gasteiger partial charge is 0.0547 e. The molecule has 4 heteroatoms. The highest BCUT2D eigenvalue weighted by Gasteiger charge is 2.22. The van der Waals surface area contributed by atoms with E-state index in [-0.39, 0.29) is 0 Å². The Labute approximate surface area is 368 Å². The molecule has 14 aromatic rings. The summed E-state index contributed by atoms with van der Waals surface area (Å²) in [5.41, 5.74) is 16.5. The van der Waals surface area contributed by atoms with Gasteiger partial charge >= 0.3 is 0 Å². The maximum atomic E-state index is 2.45. The molecule has 4 heterocycles. The molecule has 0 N–H and O–H groups in total. The van der Waals surface area contributed by atoms with Crippen LogP contribution in [0.1, 0.15) is 0 Å². The molecule has 298 valence electrons. The number of hydrogen-bond donors (Lipinski definition) is 0. The fraction of sp³-hybridized carbons (Fsp3) is 0. The van der Waals surface area contributed by atoms with Gasteiger partial charge in [-0.05, 0) is 96.1 Å². The monoisotopic (exact) mass is 814 g/mol. The zero-order valence-electron chi connectivity index (χ0n) is 34.7. The zero-order chi connectivity index (χ0) is 41.9. The third kappa shape index (κ3) is 4.88. The van der Waals surface area contributed by atoms with Gasteiger partial charge in [-0.3, -0.25) is 0 Å². The topological polar surface area (TPSA) is 19.7 Å². The summed E-state index contributed by atoms with van der Waals surface area (Å²) in [4.78, 5) is 0. The summed E-state index contributed by atoms with van der Waals surface area (Å²) in [6.45, 7) is 0. The number of benzene rings is 10. The lowest BCUT2D eigenvalue weighted by Gasteiger charge is -2.13. The minimum atomic E-state index is 1.13. The molecule has 64 heavy (non-hydrogen) atoms. The van der Waals surface area contributed by atoms with E-state index >= 15 is 0 Å². The first kappa shape index (κ1) is 35.0. The highest BCUT2D eigenvalue weighted by atomic mass is 15.0. The molecule has 0 bridgehead atoms. The average Bonchev–Trinajstić information content (AvgIpc) is 4.09. The molecule has 0 unspecified atom stereocenters. The molecule has 0 aliphatic heterocycles. The van der Waals surface area contributed by atoms with Crippen molar-refractivity contribution in [3.63, 3.8) is 0 Å². The van der Waals surface area contributed by atoms with Crippen molar-refractivity contribution >= 4 is 87.2 Å². The van der Waals surface area contributed by atoms with Crippen LogP contribution in [0.5, 0.6) is 0 Å². The summed E-state index contributed by atoms with van der Waals surface area (Å²) in [5.74, 6) is 0. The second-order valence-electron chi connectivity index (χ2n) is 16.9. The van der Waals surface area contributed by atoms with Crippen LogP contribution in [0.15, 0.2) is 231 Å². The Morgan fingerprint density at radius 1 is 0.188 bits per heavy atom. The Bertz CT molecular complexity index is 3830. The average molecular weight is 815 g/mol. The van der Waals surface area contributed by atoms with Crippen LogP contribution in [-0.2, 0) is 0 Å². The Balaban J connectivity index is 0.983. The minimum Gasteiger partial charge on any atom is -0.309 e. The molecular formula is C60H38N4. The fourth-order valence-corrected chi connectivity index (χ4v) is 11.0. The molecule has 14 rings (SSSR count). The first-order chi connectivity index (χ1) is 31.8. The quantitative estimate of drug-likeness (QED) is 0.165. The summed E-state index contributed by atoms with van der Waals surface area (Å²) in [6, 6.07) is 84.4. The van der Waals surface area contributed by atoms with Crippen molar-refractivity contribution in [1.29, 1.82) is 0 Å². The number of para-hydroxylation sites is 6. The highest BCUT2D eigenvalue weighted by molar-refractivity contribution is 6.22. The van der Waals surface area contributed by atoms with E-state index in [0.29, 0.717) is 0 Å². The van der Waals surface area contributed by atoms with Crippen molar-refractivity contribution in [3.8, 4) is 33.9 Å². The molecule has 0 aliphatic carbocycles. The van der Waals surface area contributed by atoms with Gasteiger partial charge in [0.2, 0.25) is 0 Å². The summed E-state index contributed by atoms with van der Waals surface area (Å²) in [6.07, 6.45) is 0. The first-order valence-electron chi connectivity index (χ1n) is 22.0. The number of rotatable bonds is 5. The molecule has 0 atom stereocenters. The molecule has 0 spiro atoms. The number of hydrogen-bond acceptors (Lipinski definition) is 0. The molecule has 0 fully saturated rings. The molecule has 0 radical (unpaired) electrons. The van der Waals surface area contributed by atoms with Gasteiger partial charge in [0.15, 0.2) is 0 Å². The van der Waals surface area contributed by atoms with E-state index in [2.05, 4.69) is 249 Å². The number of fused-ring (bicyclic) bond motifs is 12. The predicted octanol–water partition coefficient (Wildman–Crippen LogP) is 15.7. The lowest BCUT2D eigenvalue weighted by molar-refractivity contribution is 1.13. The molecule has 0 amide bonds. The van der Waals surface area contributed by atoms with Gasteiger partial charge < -0.3 is 18.3 Å². The lowest BCUT2D eigenvalue weighted by atomic mass is 9.95. The number of aromatic nitrogens is 4. The first-order valence-corrected chi connectivity index (χ1v) is 22.0. The predicted molar refractivity (Wildman–Crippen MR) is 269 cm³/mol. The van der Waals surface area contributed by atoms with Crippen LogP contribution in [0, 0.1) is 0 Å². The van der Waals surface area contributed by atoms with Crippen LogP contribution in [0.25, 0.3) is 121 Å². The van der Waals surface area contributed by atoms with E-state index in [9.17, 15) is 0 Å². The van der Waals surface area contributed by atoms with Crippen molar-refractivity contribution in [2.24, 2.45) is 0 Å². The van der Waals surface area contributed by atoms with Crippen molar-refractivity contribution in [2.75, 3.05) is 0 Å². The maximum absolute atomic E-state index is 2.45. The van der Waals surface area contributed by atoms with Crippen molar-refractivity contribution in [2.45, 2.75) is 0 Å². The minimum absolute atomic E-state index is 1.13. The Morgan fingerprint density at radius 2 is 0.422 bits per heavy atom. The van der Waals surface area contributed by atoms with Crippen LogP contribution in [-0.4, -0.2) is 18.3 Å². The van der Waals surface area contributed by atoms with Gasteiger partial charge in [-0.25, -0.2) is 0 Å². The van der Waals surface area contributed by atoms with Crippen LogP contribution in [0.3, 0.4) is 0 Å². The van der Waals surface area contributed by atoms with Crippen LogP contribution >= 0.6 is 0 Å². The van der Waals surface area contributed by atoms with Crippen LogP contribution < -0.4 is 0 Å². The van der Waals surface area contributed by atoms with E-state index in [1.807, 2.05) is 0 Å². The maximum Gasteiger partial charge on any atom is 0.0547 e. The van der Waals surface area contributed by atoms with Crippen LogP contribution in [0.4, 0.5) is 0 Å². The van der Waals surface area contributed by atoms with Gasteiger partial charge in [0.1, 0.15) is 0 Å². The zero-order valence-corrected chi connectivity index (χ0v) is 34.7. The van der Waals surface area contributed by atoms with Gasteiger partial charge in [0.05, 0.1) is 44.1 Å². The standard InChI is InChI=1S/C60H38N4/c1-7-29-51-43(21-1)44-22-2-8-30-52(44)61(51)39-17-13-19-41(37-39)63-55-33-11-5-25-49(55)59-47(27-15-35-57(59)63)48-28-16-36-58-60(48)50-26-6-12-34-56(50)64(58)42-20-14-18-40(38-42)62-53-31-9-3-23-45(53)46-24-4-10-32-54(46)62/h1-38H. The van der Waals surface area contributed by atoms with Gasteiger partial charge in [-0.2, -0.15) is 0 Å². The molecule has 0 saturated heterocycles. The SMILES string of the molecule is c1cc(-n2c3ccccc3c3ccccc32)cc(-n2c3ccccc3c3c(-c4cccc5c4c4ccccc4n5-c4cccc(-n5c6ccccc6c6ccccc65)c4)cccc32)c1. The normalized spacial score (nSPS) is 12.1. The van der Waals surface area contributed by atoms with E-state index in [4.69, 9.17) is 0 Å². The molecular weight excluding hydrogens is 777 g/mol. The van der Waals surface area contributed by atoms with E-state index in [1.165, 1.54) is 98.4 Å². The highest BCUT2D eigenvalue weighted by Crippen LogP contribution is 2.44. The lowest BCUT2D eigenvalue weighted by Crippen LogP contribution is -1.98. The van der Waals surface area contributed by atoms with Gasteiger partial charge in [0, 0.05) is 65.8 Å². The molecule has 4 nitrogen and oxygen atoms in total. The van der Waals surface area contributed by atoms with Crippen molar-refractivity contribution in [3.05, 3.63) is 231 Å². The van der Waals surface area contributed by atoms with Gasteiger partial charge in [-0.1, -0.05) is 146 Å². The fourth-order valence-electron chi connectivity index (χ4n) is 11.0. The van der Waals surface area contributed by atoms with E-state index in [0.717, 1.165) is 22.7 Å². The number of nitrogens with zero attached hydrogens (tertiary/aromatic N) is 4. The largest absolute Gasteiger partial charge is 0.309 e. The third-order valence-corrected chi connectivity index (χ3v) is 13.5. The summed E-state index contributed by atoms with van der Waals surface area (Å²) in [7, 11) is 0. The molecule has 10 aromatic carbocycles. The third-order valence-electron chi connectivity index (χ3n) is 13.5. The second kappa shape index (κ2) is 13.4. The molecule has 0 aliphatic rings. The van der Waals surface area contributed by atoms with Gasteiger partial charge in [0.25, 0.3) is 0 Å². The molecule has 0 saturated carbocycles. The summed E-state index contributed by atoms with van der Waals surface area (Å²) in [5, 5.41) is 10.0. The Kier molecular flexibility index (Phi) is 7.36. The van der Waals surface area contributed by atoms with Crippen molar-refractivity contribution < 1.29 is 0 Å². The van der Waals surface area contributed by atoms with Crippen molar-refractivity contribution in [1.82, 2.24) is 18.3 Å². The Hall–Kier alpha value is -8.60. The summed E-state index contributed by atoms with van der Waals surface area (Å²) < 4.78 is 9.72. The van der Waals surface area contributed by atoms with Crippen LogP contribution in [0.2, 0.25) is 0 Å².